The maximum absolute atomic E-state index is 2.54. The van der Waals surface area contributed by atoms with Gasteiger partial charge >= 0.3 is 0 Å². The molecule has 3 heteroatoms. The zero-order valence-corrected chi connectivity index (χ0v) is 47.4. The maximum atomic E-state index is 2.54. The molecule has 2 aliphatic carbocycles. The molecule has 404 valence electrons. The molecule has 3 aliphatic rings. The summed E-state index contributed by atoms with van der Waals surface area (Å²) in [5, 5.41) is 7.56. The molecule has 1 atom stereocenters. The van der Waals surface area contributed by atoms with Gasteiger partial charge in [0.15, 0.2) is 0 Å². The summed E-state index contributed by atoms with van der Waals surface area (Å²) >= 11 is 0. The fraction of sp³-hybridized carbons (Fsp3) is 0.0238. The van der Waals surface area contributed by atoms with E-state index in [-0.39, 0.29) is 0 Å². The van der Waals surface area contributed by atoms with Crippen LogP contribution >= 0.6 is 0 Å². The third-order valence-corrected chi connectivity index (χ3v) is 19.8. The molecule has 1 spiro atoms. The van der Waals surface area contributed by atoms with Crippen LogP contribution in [0.1, 0.15) is 44.5 Å². The van der Waals surface area contributed by atoms with Gasteiger partial charge in [0, 0.05) is 44.3 Å². The summed E-state index contributed by atoms with van der Waals surface area (Å²) in [6.45, 7) is 0. The summed E-state index contributed by atoms with van der Waals surface area (Å²) in [7, 11) is 0. The van der Waals surface area contributed by atoms with Gasteiger partial charge in [0.25, 0.3) is 0 Å². The molecule has 16 aromatic rings. The Bertz CT molecular complexity index is 5420. The Morgan fingerprint density at radius 1 is 0.264 bits per heavy atom. The average molecular weight is 1100 g/mol. The Balaban J connectivity index is 0.844. The van der Waals surface area contributed by atoms with E-state index in [4.69, 9.17) is 0 Å². The average Bonchev–Trinajstić information content (AvgIpc) is 1.58. The summed E-state index contributed by atoms with van der Waals surface area (Å²) in [6.07, 6.45) is 0. The number of hydrogen-bond acceptors (Lipinski definition) is 1. The van der Waals surface area contributed by atoms with Crippen LogP contribution in [0.3, 0.4) is 0 Å². The van der Waals surface area contributed by atoms with Gasteiger partial charge in [0.1, 0.15) is 0 Å². The highest BCUT2D eigenvalue weighted by molar-refractivity contribution is 6.13. The van der Waals surface area contributed by atoms with Gasteiger partial charge in [0.2, 0.25) is 0 Å². The zero-order valence-electron chi connectivity index (χ0n) is 47.4. The normalized spacial score (nSPS) is 14.8. The van der Waals surface area contributed by atoms with E-state index in [1.54, 1.807) is 0 Å². The molecule has 0 amide bonds. The Hall–Kier alpha value is -11.3. The molecule has 14 aromatic carbocycles. The van der Waals surface area contributed by atoms with Crippen LogP contribution in [0.15, 0.2) is 322 Å². The quantitative estimate of drug-likeness (QED) is 0.155. The molecular formula is C84H53N3. The van der Waals surface area contributed by atoms with Crippen LogP contribution in [0.2, 0.25) is 0 Å². The molecule has 0 saturated heterocycles. The van der Waals surface area contributed by atoms with Gasteiger partial charge in [-0.1, -0.05) is 249 Å². The molecule has 0 fully saturated rings. The summed E-state index contributed by atoms with van der Waals surface area (Å²) in [4.78, 5) is 2.53. The lowest BCUT2D eigenvalue weighted by Gasteiger charge is -2.40. The topological polar surface area (TPSA) is 13.1 Å². The third kappa shape index (κ3) is 6.44. The molecular weight excluding hydrogens is 1050 g/mol. The number of anilines is 3. The predicted molar refractivity (Wildman–Crippen MR) is 361 cm³/mol. The highest BCUT2D eigenvalue weighted by atomic mass is 15.1. The van der Waals surface area contributed by atoms with E-state index in [0.29, 0.717) is 0 Å². The van der Waals surface area contributed by atoms with E-state index in [1.165, 1.54) is 127 Å². The first-order chi connectivity index (χ1) is 43.2. The minimum atomic E-state index is -0.625. The number of aromatic nitrogens is 2. The Morgan fingerprint density at radius 2 is 0.747 bits per heavy atom. The first-order valence-corrected chi connectivity index (χ1v) is 30.3. The summed E-state index contributed by atoms with van der Waals surface area (Å²) in [6, 6.07) is 121. The molecule has 19 rings (SSSR count). The highest BCUT2D eigenvalue weighted by Gasteiger charge is 2.52. The van der Waals surface area contributed by atoms with Gasteiger partial charge in [-0.15, -0.1) is 0 Å². The fourth-order valence-electron chi connectivity index (χ4n) is 16.3. The summed E-state index contributed by atoms with van der Waals surface area (Å²) < 4.78 is 4.93. The van der Waals surface area contributed by atoms with Crippen molar-refractivity contribution in [2.45, 2.75) is 10.8 Å². The van der Waals surface area contributed by atoms with Crippen LogP contribution in [-0.4, -0.2) is 9.13 Å². The lowest BCUT2D eigenvalue weighted by Crippen LogP contribution is -2.33. The molecule has 1 aliphatic heterocycles. The number of rotatable bonds is 7. The Morgan fingerprint density at radius 3 is 1.43 bits per heavy atom. The van der Waals surface area contributed by atoms with E-state index in [9.17, 15) is 0 Å². The van der Waals surface area contributed by atoms with Gasteiger partial charge in [-0.25, -0.2) is 0 Å². The third-order valence-electron chi connectivity index (χ3n) is 19.8. The van der Waals surface area contributed by atoms with E-state index >= 15 is 0 Å². The van der Waals surface area contributed by atoms with Gasteiger partial charge in [0.05, 0.1) is 38.6 Å². The predicted octanol–water partition coefficient (Wildman–Crippen LogP) is 21.2. The molecule has 0 saturated carbocycles. The maximum Gasteiger partial charge on any atom is 0.0755 e. The van der Waals surface area contributed by atoms with E-state index in [0.717, 1.165) is 33.9 Å². The molecule has 3 heterocycles. The largest absolute Gasteiger partial charge is 0.310 e. The minimum Gasteiger partial charge on any atom is -0.310 e. The second-order valence-corrected chi connectivity index (χ2v) is 23.8. The molecule has 87 heavy (non-hydrogen) atoms. The lowest BCUT2D eigenvalue weighted by atomic mass is 9.65. The van der Waals surface area contributed by atoms with Crippen molar-refractivity contribution in [1.29, 1.82) is 0 Å². The SMILES string of the molecule is c1ccc(C2(c3ccccc3)c3cc(N(c4ccc(-c5ccc(-n6c7ccccc7c7ccccc76)cc5)cc4)c4ccc5c(c4)C4(c6ccccc6-5)c5ccccc5-n5c6ccccc6c6cccc4c65)ccc3-c3c2ccc2ccccc32)cc1. The van der Waals surface area contributed by atoms with Crippen LogP contribution in [0.5, 0.6) is 0 Å². The van der Waals surface area contributed by atoms with Crippen molar-refractivity contribution in [3.8, 4) is 44.8 Å². The van der Waals surface area contributed by atoms with Crippen LogP contribution < -0.4 is 4.90 Å². The van der Waals surface area contributed by atoms with Gasteiger partial charge in [-0.05, 0) is 161 Å². The first-order valence-electron chi connectivity index (χ1n) is 30.3. The molecule has 3 nitrogen and oxygen atoms in total. The minimum absolute atomic E-state index is 0.624. The van der Waals surface area contributed by atoms with Gasteiger partial charge in [-0.3, -0.25) is 0 Å². The van der Waals surface area contributed by atoms with E-state index < -0.39 is 10.8 Å². The Kier molecular flexibility index (Phi) is 10.0. The van der Waals surface area contributed by atoms with Crippen molar-refractivity contribution < 1.29 is 0 Å². The van der Waals surface area contributed by atoms with Crippen LogP contribution in [0.4, 0.5) is 17.1 Å². The van der Waals surface area contributed by atoms with Crippen LogP contribution in [0, 0.1) is 0 Å². The number of para-hydroxylation sites is 5. The lowest BCUT2D eigenvalue weighted by molar-refractivity contribution is 0.748. The van der Waals surface area contributed by atoms with Crippen molar-refractivity contribution in [2.24, 2.45) is 0 Å². The summed E-state index contributed by atoms with van der Waals surface area (Å²) in [5.41, 5.74) is 26.9. The van der Waals surface area contributed by atoms with Gasteiger partial charge in [-0.2, -0.15) is 0 Å². The second kappa shape index (κ2) is 18.1. The van der Waals surface area contributed by atoms with Crippen molar-refractivity contribution in [2.75, 3.05) is 4.90 Å². The Labute approximate surface area is 504 Å². The van der Waals surface area contributed by atoms with Crippen molar-refractivity contribution in [1.82, 2.24) is 9.13 Å². The van der Waals surface area contributed by atoms with E-state index in [2.05, 4.69) is 336 Å². The molecule has 2 aromatic heterocycles. The van der Waals surface area contributed by atoms with Crippen LogP contribution in [0.25, 0.3) is 99.1 Å². The van der Waals surface area contributed by atoms with E-state index in [1.807, 2.05) is 0 Å². The van der Waals surface area contributed by atoms with Crippen molar-refractivity contribution in [3.05, 3.63) is 366 Å². The number of benzene rings is 14. The standard InChI is InChI=1S/C84H53N3/c1-3-21-57(22-4-1)83(58-23-5-2-6-24-58)73-51-42-56-20-7-8-25-63(56)81(73)70-50-48-62(53-76(70)83)85(59-43-38-54(39-44-59)55-40-45-60(46-41-55)86-77-34-15-10-27-66(77)67-28-11-16-35-78(67)86)61-47-49-65-64-26-9-13-31-71(64)84(75(65)52-61)72-32-14-18-37-80(72)87-79-36-17-12-29-68(79)69-30-19-33-74(84)82(69)87/h1-53H. The smallest absolute Gasteiger partial charge is 0.0755 e. The first kappa shape index (κ1) is 48.1. The van der Waals surface area contributed by atoms with Crippen molar-refractivity contribution in [3.63, 3.8) is 0 Å². The molecule has 0 radical (unpaired) electrons. The van der Waals surface area contributed by atoms with Crippen LogP contribution in [-0.2, 0) is 10.8 Å². The fourth-order valence-corrected chi connectivity index (χ4v) is 16.3. The number of nitrogens with zero attached hydrogens (tertiary/aromatic N) is 3. The van der Waals surface area contributed by atoms with Crippen molar-refractivity contribution >= 4 is 71.4 Å². The van der Waals surface area contributed by atoms with Gasteiger partial charge < -0.3 is 14.0 Å². The monoisotopic (exact) mass is 1100 g/mol. The highest BCUT2D eigenvalue weighted by Crippen LogP contribution is 2.63. The molecule has 0 bridgehead atoms. The molecule has 1 unspecified atom stereocenters. The second-order valence-electron chi connectivity index (χ2n) is 23.8. The summed E-state index contributed by atoms with van der Waals surface area (Å²) in [5.74, 6) is 0. The number of fused-ring (bicyclic) bond motifs is 20. The number of hydrogen-bond donors (Lipinski definition) is 0. The molecule has 0 N–H and O–H groups in total. The zero-order chi connectivity index (χ0) is 57.0.